The summed E-state index contributed by atoms with van der Waals surface area (Å²) in [6, 6.07) is 0.662. The van der Waals surface area contributed by atoms with Gasteiger partial charge in [0, 0.05) is 25.2 Å². The van der Waals surface area contributed by atoms with Crippen LogP contribution in [0.4, 0.5) is 0 Å². The molecule has 0 saturated heterocycles. The molecule has 0 N–H and O–H groups in total. The van der Waals surface area contributed by atoms with Crippen LogP contribution >= 0.6 is 11.3 Å². The van der Waals surface area contributed by atoms with E-state index < -0.39 is 16.0 Å². The lowest BCUT2D eigenvalue weighted by Gasteiger charge is -2.25. The molecule has 0 unspecified atom stereocenters. The van der Waals surface area contributed by atoms with Gasteiger partial charge in [-0.25, -0.2) is 13.2 Å². The van der Waals surface area contributed by atoms with Crippen molar-refractivity contribution in [3.05, 3.63) is 15.8 Å². The fourth-order valence-electron chi connectivity index (χ4n) is 2.92. The van der Waals surface area contributed by atoms with Crippen molar-refractivity contribution in [2.24, 2.45) is 0 Å². The number of ether oxygens (including phenoxy) is 1. The molecule has 2 fully saturated rings. The van der Waals surface area contributed by atoms with Gasteiger partial charge in [-0.15, -0.1) is 11.3 Å². The predicted molar refractivity (Wildman–Crippen MR) is 93.0 cm³/mol. The molecule has 1 heterocycles. The topological polar surface area (TPSA) is 66.9 Å². The van der Waals surface area contributed by atoms with E-state index in [4.69, 9.17) is 4.74 Å². The molecular weight excluding hydrogens is 348 g/mol. The second-order valence-corrected chi connectivity index (χ2v) is 9.33. The highest BCUT2D eigenvalue weighted by Gasteiger charge is 2.41. The Hall–Kier alpha value is -0.960. The fourth-order valence-corrected chi connectivity index (χ4v) is 6.26. The predicted octanol–water partition coefficient (Wildman–Crippen LogP) is 2.09. The highest BCUT2D eigenvalue weighted by Crippen LogP contribution is 2.36. The van der Waals surface area contributed by atoms with Crippen LogP contribution in [0.15, 0.2) is 10.3 Å². The minimum atomic E-state index is -3.70. The van der Waals surface area contributed by atoms with Crippen LogP contribution in [-0.4, -0.2) is 62.9 Å². The molecule has 2 aliphatic rings. The molecule has 134 valence electrons. The summed E-state index contributed by atoms with van der Waals surface area (Å²) in [6.07, 6.45) is 4.18. The molecule has 0 amide bonds. The van der Waals surface area contributed by atoms with Crippen LogP contribution in [0.5, 0.6) is 0 Å². The molecule has 8 heteroatoms. The Bertz CT molecular complexity index is 720. The maximum atomic E-state index is 13.2. The lowest BCUT2D eigenvalue weighted by atomic mass is 10.3. The minimum absolute atomic E-state index is 0.0624. The first-order chi connectivity index (χ1) is 11.4. The van der Waals surface area contributed by atoms with Crippen molar-refractivity contribution in [1.29, 1.82) is 0 Å². The number of carbonyl (C=O) groups excluding carboxylic acids is 1. The molecule has 3 rings (SSSR count). The average molecular weight is 373 g/mol. The van der Waals surface area contributed by atoms with Crippen LogP contribution in [-0.2, 0) is 14.8 Å². The average Bonchev–Trinajstić information content (AvgIpc) is 3.43. The monoisotopic (exact) mass is 372 g/mol. The van der Waals surface area contributed by atoms with E-state index in [-0.39, 0.29) is 15.8 Å². The highest BCUT2D eigenvalue weighted by atomic mass is 32.2. The summed E-state index contributed by atoms with van der Waals surface area (Å²) in [7, 11) is -0.374. The van der Waals surface area contributed by atoms with Crippen molar-refractivity contribution in [3.8, 4) is 0 Å². The lowest BCUT2D eigenvalue weighted by molar-refractivity contribution is 0.0602. The van der Waals surface area contributed by atoms with Gasteiger partial charge in [-0.1, -0.05) is 0 Å². The van der Waals surface area contributed by atoms with Crippen molar-refractivity contribution in [2.45, 2.75) is 49.6 Å². The first-order valence-corrected chi connectivity index (χ1v) is 10.6. The number of thiophene rings is 1. The zero-order chi connectivity index (χ0) is 17.5. The van der Waals surface area contributed by atoms with E-state index in [0.717, 1.165) is 30.7 Å². The Balaban J connectivity index is 1.86. The minimum Gasteiger partial charge on any atom is -0.465 e. The van der Waals surface area contributed by atoms with Crippen LogP contribution < -0.4 is 0 Å². The van der Waals surface area contributed by atoms with Gasteiger partial charge < -0.3 is 9.64 Å². The van der Waals surface area contributed by atoms with Gasteiger partial charge in [0.25, 0.3) is 0 Å². The molecule has 2 saturated carbocycles. The molecule has 0 aliphatic heterocycles. The maximum absolute atomic E-state index is 13.2. The van der Waals surface area contributed by atoms with Gasteiger partial charge in [0.1, 0.15) is 9.77 Å². The molecule has 6 nitrogen and oxygen atoms in total. The molecule has 1 aromatic rings. The summed E-state index contributed by atoms with van der Waals surface area (Å²) in [6.45, 7) is 2.92. The van der Waals surface area contributed by atoms with Crippen LogP contribution in [0.2, 0.25) is 0 Å². The number of carbonyl (C=O) groups is 1. The van der Waals surface area contributed by atoms with E-state index in [1.807, 2.05) is 7.05 Å². The Kier molecular flexibility index (Phi) is 5.01. The summed E-state index contributed by atoms with van der Waals surface area (Å²) in [5.74, 6) is -0.586. The standard InChI is InChI=1S/C16H24N2O4S2/c1-11-10-23-14(16(19)22-3)15(11)24(20,21)18(13-6-7-13)9-8-17(2)12-4-5-12/h10,12-13H,4-9H2,1-3H3. The van der Waals surface area contributed by atoms with Gasteiger partial charge >= 0.3 is 5.97 Å². The van der Waals surface area contributed by atoms with E-state index in [1.165, 1.54) is 20.0 Å². The van der Waals surface area contributed by atoms with E-state index in [2.05, 4.69) is 4.90 Å². The highest BCUT2D eigenvalue weighted by molar-refractivity contribution is 7.89. The van der Waals surface area contributed by atoms with Gasteiger partial charge in [0.05, 0.1) is 7.11 Å². The summed E-state index contributed by atoms with van der Waals surface area (Å²) < 4.78 is 32.8. The summed E-state index contributed by atoms with van der Waals surface area (Å²) in [5, 5.41) is 1.71. The molecule has 0 atom stereocenters. The Morgan fingerprint density at radius 3 is 2.42 bits per heavy atom. The van der Waals surface area contributed by atoms with Crippen molar-refractivity contribution in [1.82, 2.24) is 9.21 Å². The number of methoxy groups -OCH3 is 1. The molecular formula is C16H24N2O4S2. The number of likely N-dealkylation sites (N-methyl/N-ethyl adjacent to an activating group) is 1. The number of nitrogens with zero attached hydrogens (tertiary/aromatic N) is 2. The number of aryl methyl sites for hydroxylation is 1. The maximum Gasteiger partial charge on any atom is 0.349 e. The second-order valence-electron chi connectivity index (χ2n) is 6.63. The SMILES string of the molecule is COC(=O)c1scc(C)c1S(=O)(=O)N(CCN(C)C1CC1)C1CC1. The molecule has 0 spiro atoms. The second kappa shape index (κ2) is 6.74. The zero-order valence-corrected chi connectivity index (χ0v) is 16.0. The Morgan fingerprint density at radius 1 is 1.25 bits per heavy atom. The third kappa shape index (κ3) is 3.51. The number of esters is 1. The van der Waals surface area contributed by atoms with E-state index in [1.54, 1.807) is 16.6 Å². The lowest BCUT2D eigenvalue weighted by Crippen LogP contribution is -2.40. The molecule has 1 aromatic heterocycles. The summed E-state index contributed by atoms with van der Waals surface area (Å²) in [5.41, 5.74) is 0.613. The normalized spacial score (nSPS) is 18.4. The quantitative estimate of drug-likeness (QED) is 0.654. The number of hydrogen-bond acceptors (Lipinski definition) is 6. The van der Waals surface area contributed by atoms with Gasteiger partial charge in [-0.3, -0.25) is 0 Å². The van der Waals surface area contributed by atoms with Gasteiger partial charge in [-0.2, -0.15) is 4.31 Å². The van der Waals surface area contributed by atoms with Crippen LogP contribution in [0.25, 0.3) is 0 Å². The fraction of sp³-hybridized carbons (Fsp3) is 0.688. The van der Waals surface area contributed by atoms with Crippen molar-refractivity contribution in [3.63, 3.8) is 0 Å². The molecule has 2 aliphatic carbocycles. The number of rotatable bonds is 8. The van der Waals surface area contributed by atoms with Gasteiger partial charge in [0.15, 0.2) is 0 Å². The zero-order valence-electron chi connectivity index (χ0n) is 14.3. The van der Waals surface area contributed by atoms with Crippen molar-refractivity contribution in [2.75, 3.05) is 27.2 Å². The van der Waals surface area contributed by atoms with Crippen molar-refractivity contribution >= 4 is 27.3 Å². The van der Waals surface area contributed by atoms with E-state index in [9.17, 15) is 13.2 Å². The summed E-state index contributed by atoms with van der Waals surface area (Å²) in [4.78, 5) is 14.5. The number of hydrogen-bond donors (Lipinski definition) is 0. The van der Waals surface area contributed by atoms with Gasteiger partial charge in [0.2, 0.25) is 10.0 Å². The molecule has 0 bridgehead atoms. The number of sulfonamides is 1. The third-order valence-electron chi connectivity index (χ3n) is 4.65. The smallest absolute Gasteiger partial charge is 0.349 e. The van der Waals surface area contributed by atoms with E-state index >= 15 is 0 Å². The first-order valence-electron chi connectivity index (χ1n) is 8.24. The summed E-state index contributed by atoms with van der Waals surface area (Å²) >= 11 is 1.13. The van der Waals surface area contributed by atoms with Gasteiger partial charge in [-0.05, 0) is 50.6 Å². The van der Waals surface area contributed by atoms with Crippen LogP contribution in [0.1, 0.15) is 40.9 Å². The first kappa shape index (κ1) is 17.8. The molecule has 0 radical (unpaired) electrons. The van der Waals surface area contributed by atoms with Crippen molar-refractivity contribution < 1.29 is 17.9 Å². The third-order valence-corrected chi connectivity index (χ3v) is 8.00. The Labute approximate surface area is 147 Å². The largest absolute Gasteiger partial charge is 0.465 e. The van der Waals surface area contributed by atoms with Crippen LogP contribution in [0, 0.1) is 6.92 Å². The molecule has 24 heavy (non-hydrogen) atoms. The Morgan fingerprint density at radius 2 is 1.88 bits per heavy atom. The van der Waals surface area contributed by atoms with E-state index in [0.29, 0.717) is 18.2 Å². The van der Waals surface area contributed by atoms with Crippen LogP contribution in [0.3, 0.4) is 0 Å². The molecule has 0 aromatic carbocycles.